The van der Waals surface area contributed by atoms with E-state index in [1.165, 1.54) is 17.2 Å². The van der Waals surface area contributed by atoms with Crippen molar-refractivity contribution in [1.29, 1.82) is 0 Å². The van der Waals surface area contributed by atoms with Crippen molar-refractivity contribution >= 4 is 11.7 Å². The van der Waals surface area contributed by atoms with Gasteiger partial charge in [0.2, 0.25) is 0 Å². The maximum absolute atomic E-state index is 13.3. The number of carbonyl (C=O) groups excluding carboxylic acids is 1. The lowest BCUT2D eigenvalue weighted by Gasteiger charge is -2.38. The molecule has 6 nitrogen and oxygen atoms in total. The van der Waals surface area contributed by atoms with Gasteiger partial charge in [-0.15, -0.1) is 0 Å². The molecule has 1 aliphatic rings. The van der Waals surface area contributed by atoms with Crippen molar-refractivity contribution in [1.82, 2.24) is 19.7 Å². The van der Waals surface area contributed by atoms with Crippen LogP contribution in [0.15, 0.2) is 24.4 Å². The number of alkyl halides is 3. The van der Waals surface area contributed by atoms with Crippen LogP contribution in [0.5, 0.6) is 0 Å². The molecule has 3 heterocycles. The van der Waals surface area contributed by atoms with Crippen LogP contribution >= 0.6 is 0 Å². The molecule has 9 heteroatoms. The fourth-order valence-electron chi connectivity index (χ4n) is 3.35. The molecule has 0 aromatic carbocycles. The minimum absolute atomic E-state index is 0.113. The second-order valence-electron chi connectivity index (χ2n) is 6.83. The Labute approximate surface area is 155 Å². The van der Waals surface area contributed by atoms with Crippen LogP contribution in [0.1, 0.15) is 34.6 Å². The van der Waals surface area contributed by atoms with Gasteiger partial charge >= 0.3 is 6.18 Å². The third-order valence-corrected chi connectivity index (χ3v) is 4.99. The summed E-state index contributed by atoms with van der Waals surface area (Å²) in [5, 5.41) is 4.21. The number of amides is 1. The lowest BCUT2D eigenvalue weighted by Crippen LogP contribution is -2.49. The molecule has 1 unspecified atom stereocenters. The Hall–Kier alpha value is -2.58. The van der Waals surface area contributed by atoms with Gasteiger partial charge in [-0.1, -0.05) is 0 Å². The van der Waals surface area contributed by atoms with Gasteiger partial charge in [-0.2, -0.15) is 18.3 Å². The number of hydrogen-bond acceptors (Lipinski definition) is 4. The smallest absolute Gasteiger partial charge is 0.354 e. The van der Waals surface area contributed by atoms with Crippen molar-refractivity contribution in [2.75, 3.05) is 25.0 Å². The van der Waals surface area contributed by atoms with Gasteiger partial charge in [0, 0.05) is 45.1 Å². The van der Waals surface area contributed by atoms with Crippen LogP contribution < -0.4 is 4.90 Å². The summed E-state index contributed by atoms with van der Waals surface area (Å²) >= 11 is 0. The van der Waals surface area contributed by atoms with Crippen LogP contribution in [0.25, 0.3) is 0 Å². The Kier molecular flexibility index (Phi) is 5.12. The average molecular weight is 381 g/mol. The number of likely N-dealkylation sites (N-methyl/N-ethyl adjacent to an activating group) is 1. The standard InChI is InChI=1S/C18H22F3N5O/c1-12-10-15(23-25(12)3)17(27)26-9-5-6-13(11-26)24(2)16-14(18(19,20)21)7-4-8-22-16/h4,7-8,10,13H,5-6,9,11H2,1-3H3. The summed E-state index contributed by atoms with van der Waals surface area (Å²) < 4.78 is 41.5. The first-order chi connectivity index (χ1) is 12.7. The predicted molar refractivity (Wildman–Crippen MR) is 94.5 cm³/mol. The van der Waals surface area contributed by atoms with Gasteiger partial charge in [-0.05, 0) is 38.0 Å². The molecule has 2 aromatic rings. The van der Waals surface area contributed by atoms with E-state index in [0.29, 0.717) is 31.6 Å². The molecule has 1 saturated heterocycles. The third kappa shape index (κ3) is 3.91. The Morgan fingerprint density at radius 2 is 2.11 bits per heavy atom. The number of anilines is 1. The molecule has 1 aliphatic heterocycles. The zero-order valence-electron chi connectivity index (χ0n) is 15.5. The number of rotatable bonds is 3. The molecule has 0 bridgehead atoms. The topological polar surface area (TPSA) is 54.3 Å². The highest BCUT2D eigenvalue weighted by Gasteiger charge is 2.37. The zero-order valence-corrected chi connectivity index (χ0v) is 15.5. The number of aromatic nitrogens is 3. The molecule has 2 aromatic heterocycles. The molecule has 1 fully saturated rings. The second-order valence-corrected chi connectivity index (χ2v) is 6.83. The maximum Gasteiger partial charge on any atom is 0.419 e. The summed E-state index contributed by atoms with van der Waals surface area (Å²) in [5.74, 6) is -0.313. The van der Waals surface area contributed by atoms with Crippen LogP contribution in [0, 0.1) is 6.92 Å². The maximum atomic E-state index is 13.3. The van der Waals surface area contributed by atoms with Gasteiger partial charge < -0.3 is 9.80 Å². The van der Waals surface area contributed by atoms with Crippen molar-refractivity contribution in [3.63, 3.8) is 0 Å². The number of likely N-dealkylation sites (tertiary alicyclic amines) is 1. The van der Waals surface area contributed by atoms with Crippen LogP contribution in [-0.4, -0.2) is 51.8 Å². The Morgan fingerprint density at radius 3 is 2.74 bits per heavy atom. The predicted octanol–water partition coefficient (Wildman–Crippen LogP) is 2.88. The van der Waals surface area contributed by atoms with Gasteiger partial charge in [-0.25, -0.2) is 4.98 Å². The highest BCUT2D eigenvalue weighted by atomic mass is 19.4. The van der Waals surface area contributed by atoms with E-state index in [0.717, 1.165) is 11.8 Å². The fraction of sp³-hybridized carbons (Fsp3) is 0.500. The van der Waals surface area contributed by atoms with E-state index < -0.39 is 11.7 Å². The zero-order chi connectivity index (χ0) is 19.8. The summed E-state index contributed by atoms with van der Waals surface area (Å²) in [4.78, 5) is 19.9. The Bertz CT molecular complexity index is 813. The first-order valence-corrected chi connectivity index (χ1v) is 8.73. The van der Waals surface area contributed by atoms with Crippen molar-refractivity contribution < 1.29 is 18.0 Å². The van der Waals surface area contributed by atoms with E-state index in [1.807, 2.05) is 6.92 Å². The largest absolute Gasteiger partial charge is 0.419 e. The molecule has 0 aliphatic carbocycles. The van der Waals surface area contributed by atoms with Crippen molar-refractivity contribution in [3.8, 4) is 0 Å². The third-order valence-electron chi connectivity index (χ3n) is 4.99. The number of halogens is 3. The summed E-state index contributed by atoms with van der Waals surface area (Å²) in [6.45, 7) is 2.75. The number of carbonyl (C=O) groups is 1. The highest BCUT2D eigenvalue weighted by Crippen LogP contribution is 2.36. The van der Waals surface area contributed by atoms with E-state index in [2.05, 4.69) is 10.1 Å². The molecule has 27 heavy (non-hydrogen) atoms. The molecular formula is C18H22F3N5O. The summed E-state index contributed by atoms with van der Waals surface area (Å²) in [7, 11) is 3.36. The average Bonchev–Trinajstić information content (AvgIpc) is 2.98. The molecule has 1 amide bonds. The SMILES string of the molecule is Cc1cc(C(=O)N2CCCC(N(C)c3ncccc3C(F)(F)F)C2)nn1C. The molecular weight excluding hydrogens is 359 g/mol. The Balaban J connectivity index is 1.79. The number of piperidine rings is 1. The van der Waals surface area contributed by atoms with Crippen LogP contribution in [0.3, 0.4) is 0 Å². The first-order valence-electron chi connectivity index (χ1n) is 8.73. The van der Waals surface area contributed by atoms with E-state index in [4.69, 9.17) is 0 Å². The fourth-order valence-corrected chi connectivity index (χ4v) is 3.35. The van der Waals surface area contributed by atoms with Crippen molar-refractivity contribution in [2.45, 2.75) is 32.0 Å². The molecule has 146 valence electrons. The highest BCUT2D eigenvalue weighted by molar-refractivity contribution is 5.92. The minimum atomic E-state index is -4.48. The van der Waals surface area contributed by atoms with Crippen LogP contribution in [0.2, 0.25) is 0 Å². The van der Waals surface area contributed by atoms with Gasteiger partial charge in [0.15, 0.2) is 5.69 Å². The van der Waals surface area contributed by atoms with E-state index in [-0.39, 0.29) is 17.8 Å². The molecule has 0 N–H and O–H groups in total. The second kappa shape index (κ2) is 7.21. The van der Waals surface area contributed by atoms with E-state index >= 15 is 0 Å². The van der Waals surface area contributed by atoms with Crippen LogP contribution in [0.4, 0.5) is 19.0 Å². The van der Waals surface area contributed by atoms with Crippen molar-refractivity contribution in [3.05, 3.63) is 41.3 Å². The number of aryl methyl sites for hydroxylation is 2. The first kappa shape index (κ1) is 19.2. The number of pyridine rings is 1. The van der Waals surface area contributed by atoms with Gasteiger partial charge in [-0.3, -0.25) is 9.48 Å². The minimum Gasteiger partial charge on any atom is -0.354 e. The van der Waals surface area contributed by atoms with E-state index in [1.54, 1.807) is 29.7 Å². The number of nitrogens with zero attached hydrogens (tertiary/aromatic N) is 5. The molecule has 1 atom stereocenters. The lowest BCUT2D eigenvalue weighted by molar-refractivity contribution is -0.137. The quantitative estimate of drug-likeness (QED) is 0.821. The number of hydrogen-bond donors (Lipinski definition) is 0. The summed E-state index contributed by atoms with van der Waals surface area (Å²) in [6, 6.07) is 3.78. The lowest BCUT2D eigenvalue weighted by atomic mass is 10.0. The van der Waals surface area contributed by atoms with Gasteiger partial charge in [0.1, 0.15) is 5.82 Å². The van der Waals surface area contributed by atoms with Gasteiger partial charge in [0.05, 0.1) is 5.56 Å². The van der Waals surface area contributed by atoms with Crippen LogP contribution in [-0.2, 0) is 13.2 Å². The summed E-state index contributed by atoms with van der Waals surface area (Å²) in [6.07, 6.45) is -1.73. The molecule has 0 saturated carbocycles. The van der Waals surface area contributed by atoms with E-state index in [9.17, 15) is 18.0 Å². The molecule has 0 spiro atoms. The van der Waals surface area contributed by atoms with Crippen molar-refractivity contribution in [2.24, 2.45) is 7.05 Å². The Morgan fingerprint density at radius 1 is 1.37 bits per heavy atom. The monoisotopic (exact) mass is 381 g/mol. The molecule has 0 radical (unpaired) electrons. The normalized spacial score (nSPS) is 17.9. The summed E-state index contributed by atoms with van der Waals surface area (Å²) in [5.41, 5.74) is 0.454. The van der Waals surface area contributed by atoms with Gasteiger partial charge in [0.25, 0.3) is 5.91 Å². The molecule has 3 rings (SSSR count).